The number of H-pyrrole nitrogens is 1. The molecule has 3 aromatic carbocycles. The van der Waals surface area contributed by atoms with E-state index in [1.807, 2.05) is 55.7 Å². The molecule has 7 nitrogen and oxygen atoms in total. The lowest BCUT2D eigenvalue weighted by Crippen LogP contribution is -2.03. The van der Waals surface area contributed by atoms with Crippen LogP contribution in [-0.2, 0) is 13.2 Å². The van der Waals surface area contributed by atoms with E-state index in [4.69, 9.17) is 9.26 Å². The number of imidazole rings is 1. The lowest BCUT2D eigenvalue weighted by molar-refractivity contribution is 0.307. The summed E-state index contributed by atoms with van der Waals surface area (Å²) in [6.45, 7) is 3.08. The van der Waals surface area contributed by atoms with Crippen LogP contribution in [0.4, 0.5) is 0 Å². The lowest BCUT2D eigenvalue weighted by Gasteiger charge is -2.14. The van der Waals surface area contributed by atoms with E-state index in [-0.39, 0.29) is 0 Å². The SMILES string of the molecule is CC(=C1c2ccc(Cn3cnc4ccccc43)cc2COc2ccccc21)c1noc(=O)[nH]1. The van der Waals surface area contributed by atoms with Crippen molar-refractivity contribution in [1.29, 1.82) is 0 Å². The third-order valence-corrected chi connectivity index (χ3v) is 6.03. The van der Waals surface area contributed by atoms with Crippen LogP contribution in [0.1, 0.15) is 35.0 Å². The summed E-state index contributed by atoms with van der Waals surface area (Å²) in [7, 11) is 0. The highest BCUT2D eigenvalue weighted by Gasteiger charge is 2.23. The Morgan fingerprint density at radius 2 is 1.91 bits per heavy atom. The molecule has 0 bridgehead atoms. The number of rotatable bonds is 3. The number of aromatic nitrogens is 4. The normalized spacial score (nSPS) is 14.3. The Labute approximate surface area is 189 Å². The summed E-state index contributed by atoms with van der Waals surface area (Å²) in [5.41, 5.74) is 8.06. The molecule has 0 saturated heterocycles. The van der Waals surface area contributed by atoms with Crippen molar-refractivity contribution in [3.63, 3.8) is 0 Å². The van der Waals surface area contributed by atoms with Gasteiger partial charge in [0.15, 0.2) is 5.82 Å². The van der Waals surface area contributed by atoms with Crippen molar-refractivity contribution in [1.82, 2.24) is 19.7 Å². The molecular weight excluding hydrogens is 416 g/mol. The van der Waals surface area contributed by atoms with Gasteiger partial charge in [0, 0.05) is 17.7 Å². The second kappa shape index (κ2) is 7.63. The lowest BCUT2D eigenvalue weighted by atomic mass is 9.89. The van der Waals surface area contributed by atoms with Crippen LogP contribution < -0.4 is 10.5 Å². The van der Waals surface area contributed by atoms with Gasteiger partial charge in [-0.1, -0.05) is 47.6 Å². The zero-order valence-electron chi connectivity index (χ0n) is 17.9. The predicted molar refractivity (Wildman–Crippen MR) is 125 cm³/mol. The Hall–Kier alpha value is -4.39. The molecule has 0 unspecified atom stereocenters. The third-order valence-electron chi connectivity index (χ3n) is 6.03. The molecule has 0 radical (unpaired) electrons. The minimum absolute atomic E-state index is 0.409. The Balaban J connectivity index is 1.48. The van der Waals surface area contributed by atoms with Gasteiger partial charge in [-0.05, 0) is 53.5 Å². The monoisotopic (exact) mass is 436 g/mol. The molecule has 0 fully saturated rings. The molecule has 0 atom stereocenters. The quantitative estimate of drug-likeness (QED) is 0.446. The number of benzene rings is 3. The van der Waals surface area contributed by atoms with Gasteiger partial charge in [-0.15, -0.1) is 0 Å². The van der Waals surface area contributed by atoms with Crippen LogP contribution in [0.3, 0.4) is 0 Å². The zero-order chi connectivity index (χ0) is 22.4. The first kappa shape index (κ1) is 19.3. The molecule has 0 saturated carbocycles. The van der Waals surface area contributed by atoms with Crippen molar-refractivity contribution in [3.05, 3.63) is 112 Å². The number of ether oxygens (including phenoxy) is 1. The summed E-state index contributed by atoms with van der Waals surface area (Å²) in [4.78, 5) is 18.8. The van der Waals surface area contributed by atoms with Crippen LogP contribution in [-0.4, -0.2) is 19.7 Å². The van der Waals surface area contributed by atoms with Gasteiger partial charge in [-0.3, -0.25) is 9.51 Å². The molecule has 5 aromatic rings. The molecule has 0 amide bonds. The second-order valence-corrected chi connectivity index (χ2v) is 8.08. The molecule has 0 aliphatic carbocycles. The third kappa shape index (κ3) is 3.34. The average molecular weight is 436 g/mol. The van der Waals surface area contributed by atoms with Crippen LogP contribution in [0, 0.1) is 0 Å². The first-order chi connectivity index (χ1) is 16.2. The van der Waals surface area contributed by atoms with Crippen molar-refractivity contribution in [3.8, 4) is 5.75 Å². The molecule has 2 aromatic heterocycles. The van der Waals surface area contributed by atoms with E-state index >= 15 is 0 Å². The number of nitrogens with one attached hydrogen (secondary N) is 1. The molecule has 3 heterocycles. The van der Waals surface area contributed by atoms with E-state index in [1.54, 1.807) is 0 Å². The molecule has 1 N–H and O–H groups in total. The summed E-state index contributed by atoms with van der Waals surface area (Å²) in [5, 5.41) is 3.91. The number of hydrogen-bond acceptors (Lipinski definition) is 5. The average Bonchev–Trinajstić information content (AvgIpc) is 3.41. The molecule has 33 heavy (non-hydrogen) atoms. The molecule has 0 spiro atoms. The fourth-order valence-electron chi connectivity index (χ4n) is 4.46. The number of hydrogen-bond donors (Lipinski definition) is 1. The maximum absolute atomic E-state index is 11.6. The van der Waals surface area contributed by atoms with Gasteiger partial charge >= 0.3 is 5.76 Å². The number of nitrogens with zero attached hydrogens (tertiary/aromatic N) is 3. The van der Waals surface area contributed by atoms with E-state index in [1.165, 1.54) is 0 Å². The van der Waals surface area contributed by atoms with Gasteiger partial charge in [0.25, 0.3) is 0 Å². The second-order valence-electron chi connectivity index (χ2n) is 8.08. The van der Waals surface area contributed by atoms with Crippen molar-refractivity contribution in [2.75, 3.05) is 0 Å². The van der Waals surface area contributed by atoms with E-state index in [9.17, 15) is 4.79 Å². The summed E-state index contributed by atoms with van der Waals surface area (Å²) in [6, 6.07) is 22.4. The molecule has 1 aliphatic heterocycles. The summed E-state index contributed by atoms with van der Waals surface area (Å²) < 4.78 is 13.1. The molecular formula is C26H20N4O3. The maximum atomic E-state index is 11.6. The van der Waals surface area contributed by atoms with Crippen molar-refractivity contribution in [2.45, 2.75) is 20.1 Å². The van der Waals surface area contributed by atoms with Crippen LogP contribution >= 0.6 is 0 Å². The van der Waals surface area contributed by atoms with Crippen LogP contribution in [0.5, 0.6) is 5.75 Å². The smallest absolute Gasteiger partial charge is 0.439 e. The van der Waals surface area contributed by atoms with Crippen molar-refractivity contribution >= 4 is 22.2 Å². The predicted octanol–water partition coefficient (Wildman–Crippen LogP) is 4.63. The Morgan fingerprint density at radius 1 is 1.06 bits per heavy atom. The van der Waals surface area contributed by atoms with Crippen LogP contribution in [0.25, 0.3) is 22.2 Å². The number of fused-ring (bicyclic) bond motifs is 3. The van der Waals surface area contributed by atoms with Crippen molar-refractivity contribution < 1.29 is 9.26 Å². The molecule has 1 aliphatic rings. The van der Waals surface area contributed by atoms with Gasteiger partial charge in [0.05, 0.1) is 17.4 Å². The minimum atomic E-state index is -0.578. The highest BCUT2D eigenvalue weighted by Crippen LogP contribution is 2.40. The highest BCUT2D eigenvalue weighted by atomic mass is 16.5. The number of para-hydroxylation sites is 3. The Bertz CT molecular complexity index is 1590. The maximum Gasteiger partial charge on any atom is 0.439 e. The fourth-order valence-corrected chi connectivity index (χ4v) is 4.46. The van der Waals surface area contributed by atoms with Gasteiger partial charge in [0.2, 0.25) is 0 Å². The molecule has 7 heteroatoms. The first-order valence-corrected chi connectivity index (χ1v) is 10.7. The van der Waals surface area contributed by atoms with Gasteiger partial charge < -0.3 is 9.30 Å². The van der Waals surface area contributed by atoms with Gasteiger partial charge in [0.1, 0.15) is 12.4 Å². The minimum Gasteiger partial charge on any atom is -0.488 e. The summed E-state index contributed by atoms with van der Waals surface area (Å²) in [5.74, 6) is 0.619. The van der Waals surface area contributed by atoms with Crippen molar-refractivity contribution in [2.24, 2.45) is 0 Å². The van der Waals surface area contributed by atoms with E-state index in [2.05, 4.69) is 44.0 Å². The highest BCUT2D eigenvalue weighted by molar-refractivity contribution is 5.99. The van der Waals surface area contributed by atoms with Crippen LogP contribution in [0.2, 0.25) is 0 Å². The van der Waals surface area contributed by atoms with E-state index < -0.39 is 5.76 Å². The summed E-state index contributed by atoms with van der Waals surface area (Å²) >= 11 is 0. The van der Waals surface area contributed by atoms with Gasteiger partial charge in [-0.25, -0.2) is 9.78 Å². The Kier molecular flexibility index (Phi) is 4.47. The zero-order valence-corrected chi connectivity index (χ0v) is 17.9. The number of aromatic amines is 1. The fraction of sp³-hybridized carbons (Fsp3) is 0.115. The van der Waals surface area contributed by atoms with E-state index in [0.29, 0.717) is 19.0 Å². The number of allylic oxidation sites excluding steroid dienone is 1. The largest absolute Gasteiger partial charge is 0.488 e. The van der Waals surface area contributed by atoms with Gasteiger partial charge in [-0.2, -0.15) is 0 Å². The van der Waals surface area contributed by atoms with E-state index in [0.717, 1.165) is 50.2 Å². The Morgan fingerprint density at radius 3 is 2.79 bits per heavy atom. The first-order valence-electron chi connectivity index (χ1n) is 10.7. The molecule has 6 rings (SSSR count). The standard InChI is InChI=1S/C26H20N4O3/c1-16(25-28-26(31)33-29-25)24-19-11-10-17(13-30-15-27-21-7-3-4-8-22(21)30)12-18(19)14-32-23-9-5-2-6-20(23)24/h2-12,15H,13-14H2,1H3,(H,28,29,31). The molecule has 162 valence electrons. The van der Waals surface area contributed by atoms with Crippen LogP contribution in [0.15, 0.2) is 82.4 Å². The summed E-state index contributed by atoms with van der Waals surface area (Å²) in [6.07, 6.45) is 1.87. The topological polar surface area (TPSA) is 85.9 Å².